The highest BCUT2D eigenvalue weighted by atomic mass is 32.2. The predicted molar refractivity (Wildman–Crippen MR) is 104 cm³/mol. The van der Waals surface area contributed by atoms with Gasteiger partial charge in [0.2, 0.25) is 20.0 Å². The van der Waals surface area contributed by atoms with Crippen LogP contribution in [0, 0.1) is 0 Å². The van der Waals surface area contributed by atoms with Crippen molar-refractivity contribution in [1.82, 2.24) is 18.5 Å². The zero-order chi connectivity index (χ0) is 21.1. The standard InChI is InChI=1S/C16H28N4O6S2/c1-13(2)26-9-10-27(22,23)20-7-5-19(6-8-20)16(21)15-11-14(12-18(15)4)28(24,25)17-3/h11-13,17H,5-10H2,1-4H3. The van der Waals surface area contributed by atoms with Crippen molar-refractivity contribution >= 4 is 26.0 Å². The Balaban J connectivity index is 2.01. The number of rotatable bonds is 8. The van der Waals surface area contributed by atoms with Crippen LogP contribution in [-0.2, 0) is 31.8 Å². The van der Waals surface area contributed by atoms with E-state index in [2.05, 4.69) is 4.72 Å². The largest absolute Gasteiger partial charge is 0.378 e. The summed E-state index contributed by atoms with van der Waals surface area (Å²) < 4.78 is 58.9. The minimum absolute atomic E-state index is 0.00668. The van der Waals surface area contributed by atoms with Crippen LogP contribution in [0.5, 0.6) is 0 Å². The first-order valence-electron chi connectivity index (χ1n) is 8.96. The fraction of sp³-hybridized carbons (Fsp3) is 0.688. The Labute approximate surface area is 166 Å². The number of sulfonamides is 2. The highest BCUT2D eigenvalue weighted by Gasteiger charge is 2.30. The average Bonchev–Trinajstić information content (AvgIpc) is 3.03. The molecule has 1 saturated heterocycles. The second kappa shape index (κ2) is 8.91. The number of nitrogens with one attached hydrogen (secondary N) is 1. The van der Waals surface area contributed by atoms with Gasteiger partial charge >= 0.3 is 0 Å². The molecule has 1 amide bonds. The first-order valence-corrected chi connectivity index (χ1v) is 12.1. The Morgan fingerprint density at radius 2 is 1.79 bits per heavy atom. The van der Waals surface area contributed by atoms with E-state index in [1.54, 1.807) is 7.05 Å². The Morgan fingerprint density at radius 3 is 2.32 bits per heavy atom. The number of carbonyl (C=O) groups is 1. The molecule has 12 heteroatoms. The highest BCUT2D eigenvalue weighted by molar-refractivity contribution is 7.89. The number of piperazine rings is 1. The van der Waals surface area contributed by atoms with E-state index in [0.717, 1.165) is 0 Å². The van der Waals surface area contributed by atoms with E-state index in [1.165, 1.54) is 33.1 Å². The third-order valence-electron chi connectivity index (χ3n) is 4.49. The predicted octanol–water partition coefficient (Wildman–Crippen LogP) is -0.554. The van der Waals surface area contributed by atoms with Gasteiger partial charge in [-0.25, -0.2) is 21.6 Å². The fourth-order valence-electron chi connectivity index (χ4n) is 2.86. The van der Waals surface area contributed by atoms with Crippen LogP contribution in [0.3, 0.4) is 0 Å². The third-order valence-corrected chi connectivity index (χ3v) is 7.71. The molecule has 2 rings (SSSR count). The van der Waals surface area contributed by atoms with Gasteiger partial charge < -0.3 is 14.2 Å². The summed E-state index contributed by atoms with van der Waals surface area (Å²) in [5.74, 6) is -0.428. The molecule has 2 heterocycles. The minimum Gasteiger partial charge on any atom is -0.378 e. The van der Waals surface area contributed by atoms with Crippen LogP contribution in [0.2, 0.25) is 0 Å². The van der Waals surface area contributed by atoms with Crippen LogP contribution < -0.4 is 4.72 Å². The second-order valence-corrected chi connectivity index (χ2v) is 10.8. The molecule has 10 nitrogen and oxygen atoms in total. The minimum atomic E-state index is -3.65. The summed E-state index contributed by atoms with van der Waals surface area (Å²) in [4.78, 5) is 14.3. The lowest BCUT2D eigenvalue weighted by Gasteiger charge is -2.34. The molecule has 1 N–H and O–H groups in total. The van der Waals surface area contributed by atoms with Crippen LogP contribution >= 0.6 is 0 Å². The van der Waals surface area contributed by atoms with Crippen molar-refractivity contribution in [1.29, 1.82) is 0 Å². The van der Waals surface area contributed by atoms with Crippen LogP contribution in [0.4, 0.5) is 0 Å². The summed E-state index contributed by atoms with van der Waals surface area (Å²) in [6, 6.07) is 1.32. The molecule has 0 atom stereocenters. The molecule has 0 radical (unpaired) electrons. The lowest BCUT2D eigenvalue weighted by atomic mass is 10.3. The molecular weight excluding hydrogens is 408 g/mol. The summed E-state index contributed by atoms with van der Waals surface area (Å²) in [5, 5.41) is 0. The number of aromatic nitrogens is 1. The van der Waals surface area contributed by atoms with Gasteiger partial charge in [0, 0.05) is 39.4 Å². The van der Waals surface area contributed by atoms with Gasteiger partial charge in [0.1, 0.15) is 10.6 Å². The summed E-state index contributed by atoms with van der Waals surface area (Å²) in [6.07, 6.45) is 1.33. The first kappa shape index (κ1) is 22.8. The van der Waals surface area contributed by atoms with Gasteiger partial charge in [-0.05, 0) is 27.0 Å². The van der Waals surface area contributed by atoms with Crippen molar-refractivity contribution in [2.24, 2.45) is 7.05 Å². The maximum absolute atomic E-state index is 12.8. The third kappa shape index (κ3) is 5.32. The molecule has 1 aliphatic rings. The van der Waals surface area contributed by atoms with Gasteiger partial charge in [-0.15, -0.1) is 0 Å². The highest BCUT2D eigenvalue weighted by Crippen LogP contribution is 2.17. The van der Waals surface area contributed by atoms with E-state index < -0.39 is 20.0 Å². The molecule has 1 aromatic rings. The quantitative estimate of drug-likeness (QED) is 0.584. The van der Waals surface area contributed by atoms with Crippen molar-refractivity contribution in [2.45, 2.75) is 24.8 Å². The molecule has 0 spiro atoms. The molecule has 0 aromatic carbocycles. The van der Waals surface area contributed by atoms with E-state index in [0.29, 0.717) is 0 Å². The maximum atomic E-state index is 12.8. The monoisotopic (exact) mass is 436 g/mol. The van der Waals surface area contributed by atoms with Crippen molar-refractivity contribution in [3.63, 3.8) is 0 Å². The fourth-order valence-corrected chi connectivity index (χ4v) is 4.95. The maximum Gasteiger partial charge on any atom is 0.270 e. The SMILES string of the molecule is CNS(=O)(=O)c1cc(C(=O)N2CCN(S(=O)(=O)CCOC(C)C)CC2)n(C)c1. The zero-order valence-electron chi connectivity index (χ0n) is 16.6. The van der Waals surface area contributed by atoms with Gasteiger partial charge in [-0.1, -0.05) is 0 Å². The van der Waals surface area contributed by atoms with Crippen LogP contribution in [0.25, 0.3) is 0 Å². The van der Waals surface area contributed by atoms with E-state index in [9.17, 15) is 21.6 Å². The topological polar surface area (TPSA) is 118 Å². The van der Waals surface area contributed by atoms with E-state index in [4.69, 9.17) is 4.74 Å². The van der Waals surface area contributed by atoms with Crippen LogP contribution in [0.15, 0.2) is 17.2 Å². The number of aryl methyl sites for hydroxylation is 1. The Bertz CT molecular complexity index is 900. The number of nitrogens with zero attached hydrogens (tertiary/aromatic N) is 3. The number of hydrogen-bond donors (Lipinski definition) is 1. The Hall–Kier alpha value is -1.47. The molecule has 160 valence electrons. The van der Waals surface area contributed by atoms with E-state index >= 15 is 0 Å². The van der Waals surface area contributed by atoms with E-state index in [-0.39, 0.29) is 61.1 Å². The summed E-state index contributed by atoms with van der Waals surface area (Å²) >= 11 is 0. The normalized spacial score (nSPS) is 16.7. The van der Waals surface area contributed by atoms with Crippen LogP contribution in [0.1, 0.15) is 24.3 Å². The van der Waals surface area contributed by atoms with Gasteiger partial charge in [-0.3, -0.25) is 4.79 Å². The van der Waals surface area contributed by atoms with Gasteiger partial charge in [0.25, 0.3) is 5.91 Å². The van der Waals surface area contributed by atoms with Gasteiger partial charge in [-0.2, -0.15) is 4.31 Å². The summed E-state index contributed by atoms with van der Waals surface area (Å²) in [5.41, 5.74) is 0.232. The average molecular weight is 437 g/mol. The van der Waals surface area contributed by atoms with Crippen molar-refractivity contribution < 1.29 is 26.4 Å². The van der Waals surface area contributed by atoms with E-state index in [1.807, 2.05) is 13.8 Å². The molecule has 0 unspecified atom stereocenters. The van der Waals surface area contributed by atoms with Crippen LogP contribution in [-0.4, -0.2) is 88.2 Å². The first-order chi connectivity index (χ1) is 13.0. The molecule has 1 fully saturated rings. The molecular formula is C16H28N4O6S2. The molecule has 28 heavy (non-hydrogen) atoms. The molecule has 1 aliphatic heterocycles. The summed E-state index contributed by atoms with van der Waals surface area (Å²) in [6.45, 7) is 4.68. The van der Waals surface area contributed by atoms with Gasteiger partial charge in [0.05, 0.1) is 18.5 Å². The smallest absolute Gasteiger partial charge is 0.270 e. The van der Waals surface area contributed by atoms with Crippen molar-refractivity contribution in [3.05, 3.63) is 18.0 Å². The number of carbonyl (C=O) groups excluding carboxylic acids is 1. The Morgan fingerprint density at radius 1 is 1.18 bits per heavy atom. The molecule has 0 bridgehead atoms. The summed E-state index contributed by atoms with van der Waals surface area (Å²) in [7, 11) is -4.19. The lowest BCUT2D eigenvalue weighted by molar-refractivity contribution is 0.0684. The van der Waals surface area contributed by atoms with Crippen molar-refractivity contribution in [3.8, 4) is 0 Å². The Kier molecular flexibility index (Phi) is 7.26. The lowest BCUT2D eigenvalue weighted by Crippen LogP contribution is -2.51. The van der Waals surface area contributed by atoms with Crippen molar-refractivity contribution in [2.75, 3.05) is 45.6 Å². The van der Waals surface area contributed by atoms with Gasteiger partial charge in [0.15, 0.2) is 0 Å². The second-order valence-electron chi connectivity index (χ2n) is 6.81. The number of hydrogen-bond acceptors (Lipinski definition) is 6. The number of amides is 1. The number of ether oxygens (including phenoxy) is 1. The molecule has 0 aliphatic carbocycles. The molecule has 1 aromatic heterocycles. The molecule has 0 saturated carbocycles. The zero-order valence-corrected chi connectivity index (χ0v) is 18.2.